The fourth-order valence-electron chi connectivity index (χ4n) is 0.940. The highest BCUT2D eigenvalue weighted by molar-refractivity contribution is 4.72. The van der Waals surface area contributed by atoms with E-state index >= 15 is 0 Å². The Labute approximate surface area is 75.2 Å². The van der Waals surface area contributed by atoms with Gasteiger partial charge in [-0.25, -0.2) is 0 Å². The Balaban J connectivity index is 3.25. The summed E-state index contributed by atoms with van der Waals surface area (Å²) >= 11 is 0. The topological polar surface area (TPSA) is 38.5 Å². The zero-order chi connectivity index (χ0) is 9.23. The molecule has 12 heavy (non-hydrogen) atoms. The van der Waals surface area contributed by atoms with Gasteiger partial charge in [-0.2, -0.15) is 0 Å². The molecule has 0 spiro atoms. The molecule has 0 atom stereocenters. The Hall–Kier alpha value is -0.380. The molecule has 0 aliphatic carbocycles. The number of nitrogens with two attached hydrogens (primary N) is 1. The van der Waals surface area contributed by atoms with Crippen LogP contribution < -0.4 is 5.73 Å². The van der Waals surface area contributed by atoms with Gasteiger partial charge in [0, 0.05) is 19.6 Å². The number of rotatable bonds is 8. The molecule has 2 N–H and O–H groups in total. The highest BCUT2D eigenvalue weighted by Crippen LogP contribution is 1.87. The van der Waals surface area contributed by atoms with Crippen LogP contribution in [0.15, 0.2) is 12.7 Å². The van der Waals surface area contributed by atoms with Gasteiger partial charge in [0.05, 0.1) is 13.2 Å². The molecule has 3 heteroatoms. The first-order valence-electron chi connectivity index (χ1n) is 4.46. The van der Waals surface area contributed by atoms with Gasteiger partial charge in [-0.3, -0.25) is 4.90 Å². The van der Waals surface area contributed by atoms with Crippen molar-refractivity contribution in [1.82, 2.24) is 4.90 Å². The summed E-state index contributed by atoms with van der Waals surface area (Å²) in [4.78, 5) is 2.27. The molecule has 72 valence electrons. The minimum atomic E-state index is 0.605. The smallest absolute Gasteiger partial charge is 0.0594 e. The van der Waals surface area contributed by atoms with Crippen LogP contribution in [-0.4, -0.2) is 44.3 Å². The molecule has 0 heterocycles. The van der Waals surface area contributed by atoms with Crippen LogP contribution in [0.1, 0.15) is 6.92 Å². The van der Waals surface area contributed by atoms with E-state index in [9.17, 15) is 0 Å². The first kappa shape index (κ1) is 11.6. The molecule has 0 unspecified atom stereocenters. The van der Waals surface area contributed by atoms with E-state index in [-0.39, 0.29) is 0 Å². The van der Waals surface area contributed by atoms with Gasteiger partial charge >= 0.3 is 0 Å². The molecule has 0 aromatic carbocycles. The van der Waals surface area contributed by atoms with Crippen LogP contribution in [-0.2, 0) is 4.74 Å². The predicted molar refractivity (Wildman–Crippen MR) is 52.2 cm³/mol. The Bertz CT molecular complexity index is 107. The summed E-state index contributed by atoms with van der Waals surface area (Å²) < 4.78 is 5.26. The van der Waals surface area contributed by atoms with Gasteiger partial charge in [0.15, 0.2) is 0 Å². The van der Waals surface area contributed by atoms with Gasteiger partial charge in [0.25, 0.3) is 0 Å². The molecular formula is C9H20N2O. The second-order valence-electron chi connectivity index (χ2n) is 2.58. The van der Waals surface area contributed by atoms with Gasteiger partial charge in [-0.05, 0) is 6.54 Å². The Morgan fingerprint density at radius 1 is 1.50 bits per heavy atom. The lowest BCUT2D eigenvalue weighted by Gasteiger charge is -2.17. The Morgan fingerprint density at radius 2 is 2.25 bits per heavy atom. The summed E-state index contributed by atoms with van der Waals surface area (Å²) in [5, 5.41) is 0. The summed E-state index contributed by atoms with van der Waals surface area (Å²) in [7, 11) is 0. The molecule has 0 bridgehead atoms. The van der Waals surface area contributed by atoms with Crippen molar-refractivity contribution in [2.24, 2.45) is 5.73 Å². The van der Waals surface area contributed by atoms with Gasteiger partial charge < -0.3 is 10.5 Å². The molecular weight excluding hydrogens is 152 g/mol. The molecule has 0 saturated carbocycles. The van der Waals surface area contributed by atoms with E-state index in [0.29, 0.717) is 13.2 Å². The SMILES string of the molecule is C=CCN(CC)CCOCCN. The Morgan fingerprint density at radius 3 is 2.75 bits per heavy atom. The lowest BCUT2D eigenvalue weighted by atomic mass is 10.4. The van der Waals surface area contributed by atoms with Crippen LogP contribution in [0.4, 0.5) is 0 Å². The van der Waals surface area contributed by atoms with Crippen molar-refractivity contribution >= 4 is 0 Å². The molecule has 0 rings (SSSR count). The fourth-order valence-corrected chi connectivity index (χ4v) is 0.940. The zero-order valence-corrected chi connectivity index (χ0v) is 7.96. The highest BCUT2D eigenvalue weighted by atomic mass is 16.5. The number of hydrogen-bond acceptors (Lipinski definition) is 3. The summed E-state index contributed by atoms with van der Waals surface area (Å²) in [5.74, 6) is 0. The third kappa shape index (κ3) is 6.34. The molecule has 0 aliphatic heterocycles. The molecule has 0 fully saturated rings. The first-order chi connectivity index (χ1) is 5.85. The van der Waals surface area contributed by atoms with Crippen molar-refractivity contribution in [1.29, 1.82) is 0 Å². The summed E-state index contributed by atoms with van der Waals surface area (Å²) in [5.41, 5.74) is 5.28. The van der Waals surface area contributed by atoms with Crippen LogP contribution in [0.25, 0.3) is 0 Å². The van der Waals surface area contributed by atoms with E-state index in [4.69, 9.17) is 10.5 Å². The minimum Gasteiger partial charge on any atom is -0.379 e. The highest BCUT2D eigenvalue weighted by Gasteiger charge is 1.97. The van der Waals surface area contributed by atoms with Crippen molar-refractivity contribution in [3.63, 3.8) is 0 Å². The lowest BCUT2D eigenvalue weighted by molar-refractivity contribution is 0.115. The number of nitrogens with zero attached hydrogens (tertiary/aromatic N) is 1. The van der Waals surface area contributed by atoms with Crippen molar-refractivity contribution in [3.8, 4) is 0 Å². The molecule has 3 nitrogen and oxygen atoms in total. The van der Waals surface area contributed by atoms with E-state index < -0.39 is 0 Å². The summed E-state index contributed by atoms with van der Waals surface area (Å²) in [6.45, 7) is 10.8. The van der Waals surface area contributed by atoms with Gasteiger partial charge in [0.2, 0.25) is 0 Å². The average molecular weight is 172 g/mol. The quantitative estimate of drug-likeness (QED) is 0.427. The van der Waals surface area contributed by atoms with Crippen molar-refractivity contribution in [2.75, 3.05) is 39.4 Å². The van der Waals surface area contributed by atoms with Crippen LogP contribution in [0.3, 0.4) is 0 Å². The van der Waals surface area contributed by atoms with Gasteiger partial charge in [-0.15, -0.1) is 6.58 Å². The van der Waals surface area contributed by atoms with Crippen molar-refractivity contribution in [2.45, 2.75) is 6.92 Å². The van der Waals surface area contributed by atoms with Gasteiger partial charge in [-0.1, -0.05) is 13.0 Å². The molecule has 0 aliphatic rings. The van der Waals surface area contributed by atoms with E-state index in [2.05, 4.69) is 18.4 Å². The monoisotopic (exact) mass is 172 g/mol. The van der Waals surface area contributed by atoms with E-state index in [0.717, 1.165) is 26.2 Å². The average Bonchev–Trinajstić information content (AvgIpc) is 2.10. The zero-order valence-electron chi connectivity index (χ0n) is 7.96. The normalized spacial score (nSPS) is 10.6. The van der Waals surface area contributed by atoms with Gasteiger partial charge in [0.1, 0.15) is 0 Å². The van der Waals surface area contributed by atoms with Crippen molar-refractivity contribution in [3.05, 3.63) is 12.7 Å². The van der Waals surface area contributed by atoms with E-state index in [1.807, 2.05) is 6.08 Å². The molecule has 0 radical (unpaired) electrons. The van der Waals surface area contributed by atoms with E-state index in [1.165, 1.54) is 0 Å². The van der Waals surface area contributed by atoms with Crippen LogP contribution in [0, 0.1) is 0 Å². The third-order valence-corrected chi connectivity index (χ3v) is 1.65. The number of hydrogen-bond donors (Lipinski definition) is 1. The van der Waals surface area contributed by atoms with Crippen LogP contribution in [0.2, 0.25) is 0 Å². The standard InChI is InChI=1S/C9H20N2O/c1-3-6-11(4-2)7-9-12-8-5-10/h3H,1,4-10H2,2H3. The maximum absolute atomic E-state index is 5.28. The third-order valence-electron chi connectivity index (χ3n) is 1.65. The molecule has 0 amide bonds. The molecule has 0 aromatic rings. The first-order valence-corrected chi connectivity index (χ1v) is 4.46. The number of likely N-dealkylation sites (N-methyl/N-ethyl adjacent to an activating group) is 1. The minimum absolute atomic E-state index is 0.605. The summed E-state index contributed by atoms with van der Waals surface area (Å²) in [6, 6.07) is 0. The maximum atomic E-state index is 5.28. The Kier molecular flexibility index (Phi) is 8.44. The van der Waals surface area contributed by atoms with Crippen molar-refractivity contribution < 1.29 is 4.74 Å². The molecule has 0 saturated heterocycles. The van der Waals surface area contributed by atoms with E-state index in [1.54, 1.807) is 0 Å². The fraction of sp³-hybridized carbons (Fsp3) is 0.778. The summed E-state index contributed by atoms with van der Waals surface area (Å²) in [6.07, 6.45) is 1.91. The number of ether oxygens (including phenoxy) is 1. The lowest BCUT2D eigenvalue weighted by Crippen LogP contribution is -2.28. The second kappa shape index (κ2) is 8.71. The largest absolute Gasteiger partial charge is 0.379 e. The van der Waals surface area contributed by atoms with Crippen LogP contribution in [0.5, 0.6) is 0 Å². The molecule has 0 aromatic heterocycles. The predicted octanol–water partition coefficient (Wildman–Crippen LogP) is 0.470. The maximum Gasteiger partial charge on any atom is 0.0594 e. The van der Waals surface area contributed by atoms with Crippen LogP contribution >= 0.6 is 0 Å². The second-order valence-corrected chi connectivity index (χ2v) is 2.58.